The van der Waals surface area contributed by atoms with Crippen molar-refractivity contribution < 1.29 is 14.3 Å². The van der Waals surface area contributed by atoms with E-state index in [1.807, 2.05) is 60.8 Å². The quantitative estimate of drug-likeness (QED) is 0.197. The third-order valence-corrected chi connectivity index (χ3v) is 6.34. The summed E-state index contributed by atoms with van der Waals surface area (Å²) in [7, 11) is 0. The van der Waals surface area contributed by atoms with Gasteiger partial charge in [-0.15, -0.1) is 0 Å². The maximum Gasteiger partial charge on any atom is 0.262 e. The van der Waals surface area contributed by atoms with Crippen molar-refractivity contribution in [2.24, 2.45) is 0 Å². The first kappa shape index (κ1) is 26.2. The van der Waals surface area contributed by atoms with Gasteiger partial charge in [0.1, 0.15) is 17.4 Å². The summed E-state index contributed by atoms with van der Waals surface area (Å²) in [5, 5.41) is 17.4. The summed E-state index contributed by atoms with van der Waals surface area (Å²) in [5.41, 5.74) is 3.14. The number of amides is 1. The smallest absolute Gasteiger partial charge is 0.262 e. The molecule has 0 bridgehead atoms. The Bertz CT molecular complexity index is 1220. The molecule has 1 amide bonds. The fourth-order valence-corrected chi connectivity index (χ4v) is 4.27. The van der Waals surface area contributed by atoms with Crippen LogP contribution in [0.5, 0.6) is 5.75 Å². The molecule has 2 aromatic carbocycles. The van der Waals surface area contributed by atoms with E-state index in [4.69, 9.17) is 14.6 Å². The second-order valence-electron chi connectivity index (χ2n) is 9.16. The van der Waals surface area contributed by atoms with E-state index in [1.54, 1.807) is 10.8 Å². The van der Waals surface area contributed by atoms with Crippen LogP contribution in [0.2, 0.25) is 0 Å². The molecule has 3 aromatic rings. The lowest BCUT2D eigenvalue weighted by Crippen LogP contribution is -2.32. The van der Waals surface area contributed by atoms with Crippen LogP contribution >= 0.6 is 0 Å². The minimum atomic E-state index is -0.414. The number of carbonyl (C=O) groups is 1. The first-order valence-corrected chi connectivity index (χ1v) is 13.1. The minimum absolute atomic E-state index is 0.00710. The fourth-order valence-electron chi connectivity index (χ4n) is 4.27. The van der Waals surface area contributed by atoms with Gasteiger partial charge in [0.05, 0.1) is 24.1 Å². The minimum Gasteiger partial charge on any atom is -0.494 e. The van der Waals surface area contributed by atoms with Crippen LogP contribution in [-0.2, 0) is 9.53 Å². The molecule has 0 spiro atoms. The van der Waals surface area contributed by atoms with Crippen LogP contribution in [0.1, 0.15) is 51.0 Å². The van der Waals surface area contributed by atoms with Gasteiger partial charge in [-0.05, 0) is 61.7 Å². The Kier molecular flexibility index (Phi) is 9.50. The van der Waals surface area contributed by atoms with E-state index in [-0.39, 0.29) is 11.7 Å². The number of nitrogens with one attached hydrogen (secondary N) is 1. The van der Waals surface area contributed by atoms with Gasteiger partial charge in [-0.1, -0.05) is 44.4 Å². The number of para-hydroxylation sites is 1. The fraction of sp³-hybridized carbons (Fsp3) is 0.367. The Labute approximate surface area is 218 Å². The number of hydrogen-bond donors (Lipinski definition) is 1. The first-order chi connectivity index (χ1) is 18.2. The number of carbonyl (C=O) groups excluding carboxylic acids is 1. The topological polar surface area (TPSA) is 89.2 Å². The van der Waals surface area contributed by atoms with Gasteiger partial charge in [0.2, 0.25) is 0 Å². The van der Waals surface area contributed by atoms with E-state index in [2.05, 4.69) is 18.3 Å². The summed E-state index contributed by atoms with van der Waals surface area (Å²) in [4.78, 5) is 12.8. The Hall–Kier alpha value is -3.89. The molecule has 0 aliphatic carbocycles. The summed E-state index contributed by atoms with van der Waals surface area (Å²) < 4.78 is 13.2. The lowest BCUT2D eigenvalue weighted by Gasteiger charge is -2.10. The highest BCUT2D eigenvalue weighted by Gasteiger charge is 2.19. The normalized spacial score (nSPS) is 15.4. The molecule has 1 aliphatic heterocycles. The molecule has 37 heavy (non-hydrogen) atoms. The van der Waals surface area contributed by atoms with Crippen molar-refractivity contribution in [3.63, 3.8) is 0 Å². The number of nitriles is 1. The SMILES string of the molecule is CCCCCCOc1ccc(-c2nn(-c3ccccc3)cc2/C=C(\C#N)C(=O)NCC2CCCO2)cc1. The highest BCUT2D eigenvalue weighted by atomic mass is 16.5. The molecule has 0 saturated carbocycles. The van der Waals surface area contributed by atoms with Gasteiger partial charge in [0, 0.05) is 30.5 Å². The van der Waals surface area contributed by atoms with Gasteiger partial charge in [0.15, 0.2) is 0 Å². The zero-order valence-corrected chi connectivity index (χ0v) is 21.4. The van der Waals surface area contributed by atoms with Crippen LogP contribution in [0.25, 0.3) is 23.0 Å². The molecule has 1 aromatic heterocycles. The number of hydrogen-bond acceptors (Lipinski definition) is 5. The average Bonchev–Trinajstić information content (AvgIpc) is 3.61. The summed E-state index contributed by atoms with van der Waals surface area (Å²) in [5.74, 6) is 0.397. The standard InChI is InChI=1S/C30H34N4O3/c1-2-3-4-8-17-36-27-15-13-23(14-16-27)29-25(22-34(33-29)26-10-6-5-7-11-26)19-24(20-31)30(35)32-21-28-12-9-18-37-28/h5-7,10-11,13-16,19,22,28H,2-4,8-9,12,17-18,21H2,1H3,(H,32,35)/b24-19+. The van der Waals surface area contributed by atoms with E-state index in [0.717, 1.165) is 36.3 Å². The van der Waals surface area contributed by atoms with E-state index >= 15 is 0 Å². The molecule has 1 aliphatic rings. The molecule has 0 radical (unpaired) electrons. The monoisotopic (exact) mass is 498 g/mol. The first-order valence-electron chi connectivity index (χ1n) is 13.1. The van der Waals surface area contributed by atoms with Crippen LogP contribution in [-0.4, -0.2) is 41.6 Å². The molecule has 1 saturated heterocycles. The van der Waals surface area contributed by atoms with Gasteiger partial charge >= 0.3 is 0 Å². The zero-order chi connectivity index (χ0) is 25.9. The largest absolute Gasteiger partial charge is 0.494 e. The third-order valence-electron chi connectivity index (χ3n) is 6.34. The summed E-state index contributed by atoms with van der Waals surface area (Å²) in [6.45, 7) is 4.00. The highest BCUT2D eigenvalue weighted by molar-refractivity contribution is 6.02. The van der Waals surface area contributed by atoms with Crippen molar-refractivity contribution >= 4 is 12.0 Å². The lowest BCUT2D eigenvalue weighted by molar-refractivity contribution is -0.117. The molecule has 1 fully saturated rings. The van der Waals surface area contributed by atoms with Crippen LogP contribution < -0.4 is 10.1 Å². The molecule has 192 valence electrons. The van der Waals surface area contributed by atoms with Crippen molar-refractivity contribution in [3.05, 3.63) is 71.9 Å². The van der Waals surface area contributed by atoms with E-state index in [0.29, 0.717) is 31.0 Å². The molecule has 1 N–H and O–H groups in total. The van der Waals surface area contributed by atoms with Crippen molar-refractivity contribution in [2.45, 2.75) is 51.6 Å². The van der Waals surface area contributed by atoms with Crippen LogP contribution in [0.3, 0.4) is 0 Å². The zero-order valence-electron chi connectivity index (χ0n) is 21.4. The number of rotatable bonds is 12. The van der Waals surface area contributed by atoms with Crippen molar-refractivity contribution in [1.29, 1.82) is 5.26 Å². The van der Waals surface area contributed by atoms with Crippen LogP contribution in [0.15, 0.2) is 66.4 Å². The average molecular weight is 499 g/mol. The van der Waals surface area contributed by atoms with Gasteiger partial charge in [-0.3, -0.25) is 4.79 Å². The van der Waals surface area contributed by atoms with E-state index < -0.39 is 5.91 Å². The second kappa shape index (κ2) is 13.4. The van der Waals surface area contributed by atoms with Gasteiger partial charge in [0.25, 0.3) is 5.91 Å². The molecule has 1 atom stereocenters. The molecule has 1 unspecified atom stereocenters. The van der Waals surface area contributed by atoms with Gasteiger partial charge in [-0.25, -0.2) is 4.68 Å². The summed E-state index contributed by atoms with van der Waals surface area (Å²) in [6.07, 6.45) is 9.99. The molecule has 4 rings (SSSR count). The molecule has 7 nitrogen and oxygen atoms in total. The maximum atomic E-state index is 12.8. The number of ether oxygens (including phenoxy) is 2. The number of unbranched alkanes of at least 4 members (excludes halogenated alkanes) is 3. The van der Waals surface area contributed by atoms with E-state index in [9.17, 15) is 10.1 Å². The number of aromatic nitrogens is 2. The van der Waals surface area contributed by atoms with Crippen molar-refractivity contribution in [2.75, 3.05) is 19.8 Å². The Balaban J connectivity index is 1.56. The molecule has 2 heterocycles. The van der Waals surface area contributed by atoms with Gasteiger partial charge < -0.3 is 14.8 Å². The Morgan fingerprint density at radius 3 is 2.70 bits per heavy atom. The van der Waals surface area contributed by atoms with Gasteiger partial charge in [-0.2, -0.15) is 10.4 Å². The Morgan fingerprint density at radius 1 is 1.19 bits per heavy atom. The van der Waals surface area contributed by atoms with E-state index in [1.165, 1.54) is 19.3 Å². The lowest BCUT2D eigenvalue weighted by atomic mass is 10.1. The predicted molar refractivity (Wildman–Crippen MR) is 144 cm³/mol. The summed E-state index contributed by atoms with van der Waals surface area (Å²) in [6, 6.07) is 19.6. The summed E-state index contributed by atoms with van der Waals surface area (Å²) >= 11 is 0. The van der Waals surface area contributed by atoms with Crippen molar-refractivity contribution in [3.8, 4) is 28.8 Å². The maximum absolute atomic E-state index is 12.8. The Morgan fingerprint density at radius 2 is 2.00 bits per heavy atom. The predicted octanol–water partition coefficient (Wildman–Crippen LogP) is 5.70. The van der Waals surface area contributed by atoms with Crippen molar-refractivity contribution in [1.82, 2.24) is 15.1 Å². The van der Waals surface area contributed by atoms with Crippen LogP contribution in [0.4, 0.5) is 0 Å². The second-order valence-corrected chi connectivity index (χ2v) is 9.16. The third kappa shape index (κ3) is 7.31. The van der Waals surface area contributed by atoms with Crippen LogP contribution in [0, 0.1) is 11.3 Å². The number of nitrogens with zero attached hydrogens (tertiary/aromatic N) is 3. The highest BCUT2D eigenvalue weighted by Crippen LogP contribution is 2.28. The molecule has 7 heteroatoms. The molecular weight excluding hydrogens is 464 g/mol. The molecular formula is C30H34N4O3. The number of benzene rings is 2.